The minimum Gasteiger partial charge on any atom is -0.392 e. The molecule has 3 rings (SSSR count). The maximum absolute atomic E-state index is 10.9. The van der Waals surface area contributed by atoms with E-state index in [0.717, 1.165) is 25.5 Å². The summed E-state index contributed by atoms with van der Waals surface area (Å²) in [6.45, 7) is 1.32. The second-order valence-electron chi connectivity index (χ2n) is 4.96. The Kier molecular flexibility index (Phi) is 2.13. The SMILES string of the molecule is O=C[C@H]1[C@@H]2CC3(C[C@@H]2C[C@H]1O)OCCO3. The van der Waals surface area contributed by atoms with E-state index in [2.05, 4.69) is 0 Å². The van der Waals surface area contributed by atoms with Gasteiger partial charge in [0, 0.05) is 18.8 Å². The molecular formula is C11H16O4. The summed E-state index contributed by atoms with van der Waals surface area (Å²) in [6, 6.07) is 0. The van der Waals surface area contributed by atoms with Gasteiger partial charge in [-0.2, -0.15) is 0 Å². The summed E-state index contributed by atoms with van der Waals surface area (Å²) in [6.07, 6.45) is 2.81. The predicted octanol–water partition coefficient (Wildman–Crippen LogP) is 0.335. The lowest BCUT2D eigenvalue weighted by atomic mass is 9.92. The predicted molar refractivity (Wildman–Crippen MR) is 51.0 cm³/mol. The third kappa shape index (κ3) is 1.35. The summed E-state index contributed by atoms with van der Waals surface area (Å²) in [5, 5.41) is 9.71. The molecule has 4 nitrogen and oxygen atoms in total. The van der Waals surface area contributed by atoms with E-state index < -0.39 is 11.9 Å². The molecule has 4 heteroatoms. The molecule has 1 N–H and O–H groups in total. The van der Waals surface area contributed by atoms with Crippen LogP contribution in [-0.4, -0.2) is 36.5 Å². The first-order valence-corrected chi connectivity index (χ1v) is 5.65. The van der Waals surface area contributed by atoms with Crippen molar-refractivity contribution in [1.82, 2.24) is 0 Å². The number of hydrogen-bond donors (Lipinski definition) is 1. The number of hydrogen-bond acceptors (Lipinski definition) is 4. The van der Waals surface area contributed by atoms with E-state index in [1.165, 1.54) is 0 Å². The summed E-state index contributed by atoms with van der Waals surface area (Å²) < 4.78 is 11.3. The molecular weight excluding hydrogens is 196 g/mol. The van der Waals surface area contributed by atoms with E-state index in [9.17, 15) is 9.90 Å². The Balaban J connectivity index is 1.79. The van der Waals surface area contributed by atoms with E-state index in [1.807, 2.05) is 0 Å². The van der Waals surface area contributed by atoms with Crippen LogP contribution in [0.3, 0.4) is 0 Å². The zero-order valence-electron chi connectivity index (χ0n) is 8.59. The monoisotopic (exact) mass is 212 g/mol. The van der Waals surface area contributed by atoms with Gasteiger partial charge in [-0.1, -0.05) is 0 Å². The molecule has 3 fully saturated rings. The van der Waals surface area contributed by atoms with Crippen molar-refractivity contribution in [2.24, 2.45) is 17.8 Å². The fourth-order valence-electron chi connectivity index (χ4n) is 3.55. The average molecular weight is 212 g/mol. The highest BCUT2D eigenvalue weighted by Crippen LogP contribution is 2.53. The first kappa shape index (κ1) is 9.75. The summed E-state index contributed by atoms with van der Waals surface area (Å²) in [5.74, 6) is 0.0302. The van der Waals surface area contributed by atoms with Crippen LogP contribution in [0.15, 0.2) is 0 Å². The van der Waals surface area contributed by atoms with Gasteiger partial charge in [0.15, 0.2) is 5.79 Å². The molecule has 4 atom stereocenters. The van der Waals surface area contributed by atoms with Crippen LogP contribution in [0.25, 0.3) is 0 Å². The molecule has 0 amide bonds. The Labute approximate surface area is 88.6 Å². The minimum absolute atomic E-state index is 0.206. The van der Waals surface area contributed by atoms with Crippen molar-refractivity contribution < 1.29 is 19.4 Å². The van der Waals surface area contributed by atoms with Gasteiger partial charge in [0.1, 0.15) is 6.29 Å². The first-order valence-electron chi connectivity index (χ1n) is 5.65. The van der Waals surface area contributed by atoms with Crippen molar-refractivity contribution in [2.45, 2.75) is 31.2 Å². The quantitative estimate of drug-likeness (QED) is 0.637. The molecule has 2 aliphatic carbocycles. The zero-order valence-corrected chi connectivity index (χ0v) is 8.59. The van der Waals surface area contributed by atoms with E-state index in [0.29, 0.717) is 19.1 Å². The summed E-state index contributed by atoms with van der Waals surface area (Å²) in [4.78, 5) is 10.9. The molecule has 84 valence electrons. The number of ether oxygens (including phenoxy) is 2. The van der Waals surface area contributed by atoms with Crippen LogP contribution in [0.5, 0.6) is 0 Å². The lowest BCUT2D eigenvalue weighted by Gasteiger charge is -2.24. The fraction of sp³-hybridized carbons (Fsp3) is 0.909. The molecule has 15 heavy (non-hydrogen) atoms. The molecule has 0 aromatic carbocycles. The van der Waals surface area contributed by atoms with E-state index >= 15 is 0 Å². The summed E-state index contributed by atoms with van der Waals surface area (Å²) >= 11 is 0. The molecule has 1 heterocycles. The van der Waals surface area contributed by atoms with Crippen LogP contribution in [0.2, 0.25) is 0 Å². The number of aldehydes is 1. The van der Waals surface area contributed by atoms with E-state index in [4.69, 9.17) is 9.47 Å². The number of aliphatic hydroxyl groups excluding tert-OH is 1. The van der Waals surface area contributed by atoms with Crippen molar-refractivity contribution in [3.63, 3.8) is 0 Å². The molecule has 0 bridgehead atoms. The van der Waals surface area contributed by atoms with Gasteiger partial charge in [0.05, 0.1) is 19.3 Å². The highest BCUT2D eigenvalue weighted by molar-refractivity contribution is 5.56. The van der Waals surface area contributed by atoms with Crippen LogP contribution >= 0.6 is 0 Å². The molecule has 0 radical (unpaired) electrons. The largest absolute Gasteiger partial charge is 0.392 e. The van der Waals surface area contributed by atoms with Crippen molar-refractivity contribution in [3.05, 3.63) is 0 Å². The van der Waals surface area contributed by atoms with Crippen molar-refractivity contribution in [2.75, 3.05) is 13.2 Å². The van der Waals surface area contributed by atoms with Crippen molar-refractivity contribution in [3.8, 4) is 0 Å². The Hall–Kier alpha value is -0.450. The molecule has 0 aromatic rings. The molecule has 1 spiro atoms. The topological polar surface area (TPSA) is 55.8 Å². The zero-order chi connectivity index (χ0) is 10.5. The van der Waals surface area contributed by atoms with Gasteiger partial charge in [-0.3, -0.25) is 0 Å². The third-order valence-electron chi connectivity index (χ3n) is 4.18. The second kappa shape index (κ2) is 3.27. The Morgan fingerprint density at radius 2 is 2.00 bits per heavy atom. The molecule has 0 aromatic heterocycles. The van der Waals surface area contributed by atoms with Crippen molar-refractivity contribution >= 4 is 6.29 Å². The summed E-state index contributed by atoms with van der Waals surface area (Å²) in [7, 11) is 0. The molecule has 2 saturated carbocycles. The number of carbonyl (C=O) groups is 1. The van der Waals surface area contributed by atoms with Gasteiger partial charge in [-0.15, -0.1) is 0 Å². The van der Waals surface area contributed by atoms with Gasteiger partial charge < -0.3 is 19.4 Å². The van der Waals surface area contributed by atoms with Gasteiger partial charge in [-0.05, 0) is 18.3 Å². The third-order valence-corrected chi connectivity index (χ3v) is 4.18. The Bertz CT molecular complexity index is 272. The standard InChI is InChI=1S/C11H16O4/c12-6-9-8-5-11(14-1-2-15-11)4-7(8)3-10(9)13/h6-10,13H,1-5H2/t7-,8+,9-,10+/m0/s1. The molecule has 1 aliphatic heterocycles. The smallest absolute Gasteiger partial charge is 0.169 e. The summed E-state index contributed by atoms with van der Waals surface area (Å²) in [5.41, 5.74) is 0. The van der Waals surface area contributed by atoms with E-state index in [-0.39, 0.29) is 11.8 Å². The van der Waals surface area contributed by atoms with Gasteiger partial charge in [-0.25, -0.2) is 0 Å². The second-order valence-corrected chi connectivity index (χ2v) is 4.96. The van der Waals surface area contributed by atoms with Gasteiger partial charge >= 0.3 is 0 Å². The Morgan fingerprint density at radius 3 is 2.67 bits per heavy atom. The normalized spacial score (nSPS) is 47.3. The average Bonchev–Trinajstić information content (AvgIpc) is 2.83. The highest BCUT2D eigenvalue weighted by Gasteiger charge is 2.56. The number of carbonyl (C=O) groups excluding carboxylic acids is 1. The molecule has 0 unspecified atom stereocenters. The van der Waals surface area contributed by atoms with Crippen LogP contribution in [0.1, 0.15) is 19.3 Å². The lowest BCUT2D eigenvalue weighted by molar-refractivity contribution is -0.158. The minimum atomic E-state index is -0.448. The fourth-order valence-corrected chi connectivity index (χ4v) is 3.55. The first-order chi connectivity index (χ1) is 7.24. The van der Waals surface area contributed by atoms with Gasteiger partial charge in [0.25, 0.3) is 0 Å². The molecule has 3 aliphatic rings. The number of aliphatic hydroxyl groups is 1. The van der Waals surface area contributed by atoms with Crippen LogP contribution < -0.4 is 0 Å². The number of rotatable bonds is 1. The van der Waals surface area contributed by atoms with Crippen LogP contribution in [0, 0.1) is 17.8 Å². The molecule has 1 saturated heterocycles. The van der Waals surface area contributed by atoms with E-state index in [1.54, 1.807) is 0 Å². The van der Waals surface area contributed by atoms with Crippen LogP contribution in [0.4, 0.5) is 0 Å². The lowest BCUT2D eigenvalue weighted by Crippen LogP contribution is -2.30. The highest BCUT2D eigenvalue weighted by atomic mass is 16.7. The van der Waals surface area contributed by atoms with Gasteiger partial charge in [0.2, 0.25) is 0 Å². The van der Waals surface area contributed by atoms with Crippen molar-refractivity contribution in [1.29, 1.82) is 0 Å². The Morgan fingerprint density at radius 1 is 1.27 bits per heavy atom. The maximum atomic E-state index is 10.9. The maximum Gasteiger partial charge on any atom is 0.169 e. The van der Waals surface area contributed by atoms with Crippen LogP contribution in [-0.2, 0) is 14.3 Å². The number of fused-ring (bicyclic) bond motifs is 1.